The van der Waals surface area contributed by atoms with E-state index in [-0.39, 0.29) is 17.9 Å². The van der Waals surface area contributed by atoms with E-state index in [9.17, 15) is 4.79 Å². The van der Waals surface area contributed by atoms with Crippen LogP contribution in [0, 0.1) is 0 Å². The van der Waals surface area contributed by atoms with Crippen LogP contribution < -0.4 is 0 Å². The first-order valence-corrected chi connectivity index (χ1v) is 6.34. The summed E-state index contributed by atoms with van der Waals surface area (Å²) in [4.78, 5) is 13.9. The number of nitrogens with zero attached hydrogens (tertiary/aromatic N) is 4. The Bertz CT molecular complexity index is 491. The molecule has 6 heteroatoms. The van der Waals surface area contributed by atoms with E-state index in [0.717, 1.165) is 11.3 Å². The lowest BCUT2D eigenvalue weighted by atomic mass is 10.0. The fraction of sp³-hybridized carbons (Fsp3) is 0.615. The highest BCUT2D eigenvalue weighted by Crippen LogP contribution is 2.28. The summed E-state index contributed by atoms with van der Waals surface area (Å²) in [6, 6.07) is 0. The van der Waals surface area contributed by atoms with Crippen LogP contribution in [-0.2, 0) is 16.6 Å². The quantitative estimate of drug-likeness (QED) is 0.755. The molecule has 0 radical (unpaired) electrons. The van der Waals surface area contributed by atoms with Crippen molar-refractivity contribution in [2.24, 2.45) is 7.05 Å². The molecule has 0 aliphatic carbocycles. The Hall–Kier alpha value is -1.69. The van der Waals surface area contributed by atoms with Gasteiger partial charge in [-0.25, -0.2) is 0 Å². The lowest BCUT2D eigenvalue weighted by molar-refractivity contribution is -0.125. The van der Waals surface area contributed by atoms with Gasteiger partial charge in [-0.15, -0.1) is 5.10 Å². The number of ether oxygens (including phenoxy) is 1. The molecule has 1 fully saturated rings. The van der Waals surface area contributed by atoms with E-state index in [1.165, 1.54) is 0 Å². The van der Waals surface area contributed by atoms with Crippen LogP contribution in [0.3, 0.4) is 0 Å². The lowest BCUT2D eigenvalue weighted by Gasteiger charge is -2.13. The number of rotatable bonds is 3. The summed E-state index contributed by atoms with van der Waals surface area (Å²) in [5, 5.41) is 8.07. The molecule has 2 rings (SSSR count). The van der Waals surface area contributed by atoms with Crippen molar-refractivity contribution in [2.75, 3.05) is 20.2 Å². The van der Waals surface area contributed by atoms with Gasteiger partial charge in [0.25, 0.3) is 0 Å². The average Bonchev–Trinajstić information content (AvgIpc) is 2.93. The van der Waals surface area contributed by atoms with Crippen LogP contribution in [0.1, 0.15) is 25.5 Å². The zero-order valence-corrected chi connectivity index (χ0v) is 11.8. The third kappa shape index (κ3) is 3.01. The van der Waals surface area contributed by atoms with E-state index in [0.29, 0.717) is 13.1 Å². The molecule has 1 aromatic rings. The van der Waals surface area contributed by atoms with E-state index in [2.05, 4.69) is 10.3 Å². The van der Waals surface area contributed by atoms with E-state index >= 15 is 0 Å². The molecular weight excluding hydrogens is 244 g/mol. The van der Waals surface area contributed by atoms with Crippen molar-refractivity contribution >= 4 is 5.91 Å². The van der Waals surface area contributed by atoms with Crippen LogP contribution in [0.2, 0.25) is 0 Å². The van der Waals surface area contributed by atoms with Crippen LogP contribution in [0.25, 0.3) is 0 Å². The molecule has 2 heterocycles. The molecule has 1 amide bonds. The molecule has 0 N–H and O–H groups in total. The molecule has 2 atom stereocenters. The predicted octanol–water partition coefficient (Wildman–Crippen LogP) is 0.722. The minimum Gasteiger partial charge on any atom is -0.379 e. The first kappa shape index (κ1) is 13.7. The van der Waals surface area contributed by atoms with Crippen LogP contribution >= 0.6 is 0 Å². The number of hydrogen-bond donors (Lipinski definition) is 0. The fourth-order valence-corrected chi connectivity index (χ4v) is 2.35. The van der Waals surface area contributed by atoms with Crippen molar-refractivity contribution in [1.82, 2.24) is 19.9 Å². The summed E-state index contributed by atoms with van der Waals surface area (Å²) in [5.41, 5.74) is 1.88. The van der Waals surface area contributed by atoms with Gasteiger partial charge in [-0.2, -0.15) is 0 Å². The fourth-order valence-electron chi connectivity index (χ4n) is 2.35. The molecule has 104 valence electrons. The summed E-state index contributed by atoms with van der Waals surface area (Å²) >= 11 is 0. The third-order valence-electron chi connectivity index (χ3n) is 3.29. The van der Waals surface area contributed by atoms with E-state index in [1.807, 2.05) is 27.1 Å². The maximum atomic E-state index is 12.1. The van der Waals surface area contributed by atoms with Crippen LogP contribution in [0.15, 0.2) is 17.8 Å². The van der Waals surface area contributed by atoms with Gasteiger partial charge in [-0.3, -0.25) is 9.48 Å². The molecule has 0 saturated carbocycles. The number of allylic oxidation sites excluding steroid dienone is 1. The normalized spacial score (nSPS) is 22.6. The average molecular weight is 264 g/mol. The first-order chi connectivity index (χ1) is 9.01. The smallest absolute Gasteiger partial charge is 0.246 e. The molecule has 19 heavy (non-hydrogen) atoms. The van der Waals surface area contributed by atoms with Gasteiger partial charge >= 0.3 is 0 Å². The van der Waals surface area contributed by atoms with Gasteiger partial charge in [-0.05, 0) is 13.8 Å². The summed E-state index contributed by atoms with van der Waals surface area (Å²) < 4.78 is 7.15. The van der Waals surface area contributed by atoms with Gasteiger partial charge in [-0.1, -0.05) is 10.8 Å². The first-order valence-electron chi connectivity index (χ1n) is 6.34. The van der Waals surface area contributed by atoms with Gasteiger partial charge in [0.05, 0.1) is 17.7 Å². The monoisotopic (exact) mass is 264 g/mol. The largest absolute Gasteiger partial charge is 0.379 e. The maximum absolute atomic E-state index is 12.1. The van der Waals surface area contributed by atoms with E-state index in [1.54, 1.807) is 22.8 Å². The van der Waals surface area contributed by atoms with Crippen molar-refractivity contribution in [3.63, 3.8) is 0 Å². The second-order valence-corrected chi connectivity index (χ2v) is 5.16. The molecule has 0 spiro atoms. The molecule has 0 aromatic carbocycles. The zero-order chi connectivity index (χ0) is 14.0. The third-order valence-corrected chi connectivity index (χ3v) is 3.29. The summed E-state index contributed by atoms with van der Waals surface area (Å²) in [7, 11) is 3.50. The molecule has 1 aliphatic rings. The van der Waals surface area contributed by atoms with Gasteiger partial charge < -0.3 is 9.64 Å². The van der Waals surface area contributed by atoms with Crippen LogP contribution in [0.4, 0.5) is 0 Å². The van der Waals surface area contributed by atoms with Gasteiger partial charge in [0.2, 0.25) is 5.91 Å². The number of hydrogen-bond acceptors (Lipinski definition) is 4. The summed E-state index contributed by atoms with van der Waals surface area (Å²) in [6.45, 7) is 5.06. The second-order valence-electron chi connectivity index (χ2n) is 5.16. The highest BCUT2D eigenvalue weighted by Gasteiger charge is 2.37. The number of likely N-dealkylation sites (tertiary alicyclic amines) is 1. The van der Waals surface area contributed by atoms with Gasteiger partial charge in [0, 0.05) is 39.5 Å². The van der Waals surface area contributed by atoms with Crippen molar-refractivity contribution in [3.8, 4) is 0 Å². The van der Waals surface area contributed by atoms with Crippen molar-refractivity contribution < 1.29 is 9.53 Å². The Labute approximate surface area is 113 Å². The van der Waals surface area contributed by atoms with Crippen molar-refractivity contribution in [1.29, 1.82) is 0 Å². The van der Waals surface area contributed by atoms with Crippen molar-refractivity contribution in [2.45, 2.75) is 25.9 Å². The summed E-state index contributed by atoms with van der Waals surface area (Å²) in [5.74, 6) is 0.127. The molecule has 1 saturated heterocycles. The minimum absolute atomic E-state index is 0.0220. The number of carbonyl (C=O) groups excluding carboxylic acids is 1. The Balaban J connectivity index is 2.14. The molecule has 1 aromatic heterocycles. The van der Waals surface area contributed by atoms with Crippen molar-refractivity contribution in [3.05, 3.63) is 23.5 Å². The predicted molar refractivity (Wildman–Crippen MR) is 70.6 cm³/mol. The number of aromatic nitrogens is 3. The van der Waals surface area contributed by atoms with Gasteiger partial charge in [0.1, 0.15) is 0 Å². The molecular formula is C13H20N4O2. The second kappa shape index (κ2) is 5.52. The van der Waals surface area contributed by atoms with Crippen LogP contribution in [0.5, 0.6) is 0 Å². The lowest BCUT2D eigenvalue weighted by Crippen LogP contribution is -2.28. The number of aryl methyl sites for hydroxylation is 1. The topological polar surface area (TPSA) is 60.2 Å². The van der Waals surface area contributed by atoms with Crippen LogP contribution in [-0.4, -0.2) is 52.1 Å². The standard InChI is InChI=1S/C13H20N4O2/c1-9(2)5-13(18)17-6-10(12(8-17)19-4)11-7-16(3)15-14-11/h5,7,10,12H,6,8H2,1-4H3/t10-,12+/m0/s1. The van der Waals surface area contributed by atoms with E-state index < -0.39 is 0 Å². The number of methoxy groups -OCH3 is 1. The summed E-state index contributed by atoms with van der Waals surface area (Å²) in [6.07, 6.45) is 3.52. The Morgan fingerprint density at radius 3 is 2.74 bits per heavy atom. The Morgan fingerprint density at radius 1 is 1.47 bits per heavy atom. The highest BCUT2D eigenvalue weighted by atomic mass is 16.5. The van der Waals surface area contributed by atoms with Gasteiger partial charge in [0.15, 0.2) is 0 Å². The van der Waals surface area contributed by atoms with E-state index in [4.69, 9.17) is 4.74 Å². The maximum Gasteiger partial charge on any atom is 0.246 e. The molecule has 0 unspecified atom stereocenters. The number of carbonyl (C=O) groups is 1. The minimum atomic E-state index is -0.0220. The highest BCUT2D eigenvalue weighted by molar-refractivity contribution is 5.88. The SMILES string of the molecule is CO[C@@H]1CN(C(=O)C=C(C)C)C[C@H]1c1cn(C)nn1. The zero-order valence-electron chi connectivity index (χ0n) is 11.8. The molecule has 1 aliphatic heterocycles. The number of amides is 1. The molecule has 6 nitrogen and oxygen atoms in total. The Morgan fingerprint density at radius 2 is 2.21 bits per heavy atom. The Kier molecular flexibility index (Phi) is 3.99. The molecule has 0 bridgehead atoms.